The van der Waals surface area contributed by atoms with E-state index in [0.29, 0.717) is 10.6 Å². The molecule has 0 bridgehead atoms. The summed E-state index contributed by atoms with van der Waals surface area (Å²) in [4.78, 5) is 3.67. The van der Waals surface area contributed by atoms with Crippen LogP contribution in [0.15, 0.2) is 22.7 Å². The van der Waals surface area contributed by atoms with Crippen LogP contribution in [-0.4, -0.2) is 13.1 Å². The smallest absolute Gasteiger partial charge is 0.243 e. The summed E-state index contributed by atoms with van der Waals surface area (Å²) in [6, 6.07) is 3.66. The number of alkyl halides is 3. The van der Waals surface area contributed by atoms with E-state index < -0.39 is 25.8 Å². The lowest BCUT2D eigenvalue weighted by Crippen LogP contribution is -2.41. The van der Waals surface area contributed by atoms with E-state index in [2.05, 4.69) is 20.9 Å². The molecular weight excluding hydrogens is 354 g/mol. The zero-order chi connectivity index (χ0) is 15.3. The monoisotopic (exact) mass is 365 g/mol. The minimum Gasteiger partial charge on any atom is -0.243 e. The summed E-state index contributed by atoms with van der Waals surface area (Å²) in [6.07, 6.45) is -4.56. The number of nitrogens with zero attached hydrogens (tertiary/aromatic N) is 1. The number of pyridine rings is 1. The van der Waals surface area contributed by atoms with Gasteiger partial charge in [-0.25, -0.2) is 9.37 Å². The van der Waals surface area contributed by atoms with Crippen molar-refractivity contribution >= 4 is 40.1 Å². The summed E-state index contributed by atoms with van der Waals surface area (Å²) < 4.78 is 52.9. The minimum atomic E-state index is -4.56. The van der Waals surface area contributed by atoms with Gasteiger partial charge in [-0.1, -0.05) is 35.6 Å². The molecule has 0 unspecified atom stereocenters. The zero-order valence-corrected chi connectivity index (χ0v) is 13.7. The summed E-state index contributed by atoms with van der Waals surface area (Å²) in [7, 11) is -2.17. The van der Waals surface area contributed by atoms with E-state index >= 15 is 0 Å². The van der Waals surface area contributed by atoms with Crippen molar-refractivity contribution in [1.82, 2.24) is 4.98 Å². The Morgan fingerprint density at radius 3 is 2.25 bits per heavy atom. The summed E-state index contributed by atoms with van der Waals surface area (Å²) in [6.45, 7) is 5.63. The van der Waals surface area contributed by atoms with E-state index in [1.165, 1.54) is 12.1 Å². The molecule has 0 saturated carbocycles. The van der Waals surface area contributed by atoms with Gasteiger partial charge in [0.05, 0.1) is 13.6 Å². The highest BCUT2D eigenvalue weighted by Crippen LogP contribution is 2.33. The average Bonchev–Trinajstić information content (AvgIpc) is 2.24. The topological polar surface area (TPSA) is 12.9 Å². The van der Waals surface area contributed by atoms with Crippen molar-refractivity contribution < 1.29 is 17.6 Å². The predicted octanol–water partition coefficient (Wildman–Crippen LogP) is 4.70. The largest absolute Gasteiger partial charge is 0.433 e. The van der Waals surface area contributed by atoms with Crippen LogP contribution in [0.3, 0.4) is 0 Å². The maximum atomic E-state index is 14.1. The minimum absolute atomic E-state index is 0.103. The van der Waals surface area contributed by atoms with E-state index in [9.17, 15) is 17.6 Å². The molecule has 0 saturated heterocycles. The molecule has 0 atom stereocenters. The molecule has 1 aromatic heterocycles. The van der Waals surface area contributed by atoms with Crippen LogP contribution < -0.4 is 5.19 Å². The van der Waals surface area contributed by atoms with Crippen LogP contribution in [-0.2, 0) is 6.18 Å². The standard InChI is InChI=1S/C13H12BrF4NSi/c1-20(2,3)12-9(15)5-4-7-8(14)6-10(13(16,17)18)19-11(7)12/h4-6H,1-3H3. The van der Waals surface area contributed by atoms with Crippen molar-refractivity contribution in [3.8, 4) is 0 Å². The third-order valence-corrected chi connectivity index (χ3v) is 5.55. The molecule has 2 rings (SSSR count). The fourth-order valence-corrected chi connectivity index (χ4v) is 4.32. The maximum absolute atomic E-state index is 14.1. The lowest BCUT2D eigenvalue weighted by atomic mass is 10.2. The third kappa shape index (κ3) is 2.74. The SMILES string of the molecule is C[Si](C)(C)c1c(F)ccc2c(Br)cc(C(F)(F)F)nc12. The first-order valence-electron chi connectivity index (χ1n) is 5.88. The Hall–Kier alpha value is -0.953. The van der Waals surface area contributed by atoms with E-state index in [1.54, 1.807) is 0 Å². The Bertz CT molecular complexity index is 677. The van der Waals surface area contributed by atoms with E-state index in [4.69, 9.17) is 0 Å². The van der Waals surface area contributed by atoms with Crippen LogP contribution in [0.25, 0.3) is 10.9 Å². The number of halogens is 5. The van der Waals surface area contributed by atoms with E-state index in [1.807, 2.05) is 19.6 Å². The van der Waals surface area contributed by atoms with Gasteiger partial charge in [0.15, 0.2) is 0 Å². The maximum Gasteiger partial charge on any atom is 0.433 e. The van der Waals surface area contributed by atoms with Gasteiger partial charge >= 0.3 is 6.18 Å². The number of hydrogen-bond acceptors (Lipinski definition) is 1. The number of rotatable bonds is 1. The van der Waals surface area contributed by atoms with Gasteiger partial charge in [0.2, 0.25) is 0 Å². The van der Waals surface area contributed by atoms with Crippen LogP contribution in [0.1, 0.15) is 5.69 Å². The fourth-order valence-electron chi connectivity index (χ4n) is 2.08. The molecule has 0 N–H and O–H groups in total. The Balaban J connectivity index is 2.92. The van der Waals surface area contributed by atoms with Crippen LogP contribution in [0.2, 0.25) is 19.6 Å². The average molecular weight is 366 g/mol. The molecule has 0 aliphatic rings. The van der Waals surface area contributed by atoms with Crippen molar-refractivity contribution in [2.24, 2.45) is 0 Å². The molecule has 7 heteroatoms. The summed E-state index contributed by atoms with van der Waals surface area (Å²) >= 11 is 3.12. The third-order valence-electron chi connectivity index (χ3n) is 2.92. The first-order valence-corrected chi connectivity index (χ1v) is 10.2. The van der Waals surface area contributed by atoms with Gasteiger partial charge in [-0.15, -0.1) is 0 Å². The van der Waals surface area contributed by atoms with E-state index in [-0.39, 0.29) is 9.99 Å². The van der Waals surface area contributed by atoms with Crippen LogP contribution >= 0.6 is 15.9 Å². The van der Waals surface area contributed by atoms with E-state index in [0.717, 1.165) is 6.07 Å². The number of benzene rings is 1. The van der Waals surface area contributed by atoms with Gasteiger partial charge in [0, 0.05) is 15.0 Å². The zero-order valence-electron chi connectivity index (χ0n) is 11.1. The Labute approximate surface area is 123 Å². The van der Waals surface area contributed by atoms with Crippen molar-refractivity contribution in [3.05, 3.63) is 34.2 Å². The molecule has 1 aromatic carbocycles. The van der Waals surface area contributed by atoms with Crippen LogP contribution in [0.5, 0.6) is 0 Å². The van der Waals surface area contributed by atoms with Crippen molar-refractivity contribution in [2.75, 3.05) is 0 Å². The number of hydrogen-bond donors (Lipinski definition) is 0. The van der Waals surface area contributed by atoms with Crippen LogP contribution in [0.4, 0.5) is 17.6 Å². The fraction of sp³-hybridized carbons (Fsp3) is 0.308. The molecule has 2 aromatic rings. The van der Waals surface area contributed by atoms with Crippen molar-refractivity contribution in [3.63, 3.8) is 0 Å². The molecule has 0 amide bonds. The lowest BCUT2D eigenvalue weighted by Gasteiger charge is -2.20. The van der Waals surface area contributed by atoms with Crippen molar-refractivity contribution in [2.45, 2.75) is 25.8 Å². The second-order valence-corrected chi connectivity index (χ2v) is 11.4. The van der Waals surface area contributed by atoms with Gasteiger partial charge in [0.1, 0.15) is 11.5 Å². The Kier molecular flexibility index (Phi) is 3.71. The number of aromatic nitrogens is 1. The number of fused-ring (bicyclic) bond motifs is 1. The van der Waals surface area contributed by atoms with Crippen molar-refractivity contribution in [1.29, 1.82) is 0 Å². The van der Waals surface area contributed by atoms with Gasteiger partial charge in [-0.05, 0) is 18.2 Å². The van der Waals surface area contributed by atoms with Gasteiger partial charge in [-0.3, -0.25) is 0 Å². The Morgan fingerprint density at radius 1 is 1.15 bits per heavy atom. The Morgan fingerprint density at radius 2 is 1.75 bits per heavy atom. The predicted molar refractivity (Wildman–Crippen MR) is 77.4 cm³/mol. The summed E-state index contributed by atoms with van der Waals surface area (Å²) in [5.74, 6) is -0.490. The second kappa shape index (κ2) is 4.80. The molecule has 20 heavy (non-hydrogen) atoms. The quantitative estimate of drug-likeness (QED) is 0.527. The normalized spacial score (nSPS) is 13.0. The van der Waals surface area contributed by atoms with Gasteiger partial charge < -0.3 is 0 Å². The molecule has 0 aliphatic carbocycles. The summed E-state index contributed by atoms with van der Waals surface area (Å²) in [5, 5.41) is 0.818. The lowest BCUT2D eigenvalue weighted by molar-refractivity contribution is -0.141. The second-order valence-electron chi connectivity index (χ2n) is 5.56. The van der Waals surface area contributed by atoms with Gasteiger partial charge in [-0.2, -0.15) is 13.2 Å². The molecule has 0 radical (unpaired) electrons. The molecule has 0 fully saturated rings. The molecule has 1 nitrogen and oxygen atoms in total. The highest BCUT2D eigenvalue weighted by atomic mass is 79.9. The van der Waals surface area contributed by atoms with Gasteiger partial charge in [0.25, 0.3) is 0 Å². The molecule has 108 valence electrons. The van der Waals surface area contributed by atoms with Crippen LogP contribution in [0, 0.1) is 5.82 Å². The highest BCUT2D eigenvalue weighted by molar-refractivity contribution is 9.10. The highest BCUT2D eigenvalue weighted by Gasteiger charge is 2.34. The molecule has 1 heterocycles. The molecular formula is C13H12BrF4NSi. The first-order chi connectivity index (χ1) is 9.01. The molecule has 0 spiro atoms. The first kappa shape index (κ1) is 15.4. The summed E-state index contributed by atoms with van der Waals surface area (Å²) in [5.41, 5.74) is -0.909. The molecule has 0 aliphatic heterocycles.